The van der Waals surface area contributed by atoms with E-state index in [1.165, 1.54) is 5.56 Å². The highest BCUT2D eigenvalue weighted by Crippen LogP contribution is 2.19. The molecule has 0 fully saturated rings. The van der Waals surface area contributed by atoms with Gasteiger partial charge in [0.1, 0.15) is 10.6 Å². The van der Waals surface area contributed by atoms with Crippen LogP contribution in [0.25, 0.3) is 0 Å². The van der Waals surface area contributed by atoms with Crippen LogP contribution in [-0.2, 0) is 6.42 Å². The zero-order valence-electron chi connectivity index (χ0n) is 14.9. The number of aryl methyl sites for hydroxylation is 1. The number of thiazole rings is 1. The number of benzene rings is 2. The molecule has 0 bridgehead atoms. The predicted octanol–water partition coefficient (Wildman–Crippen LogP) is 3.42. The number of nitrogens with two attached hydrogens (primary N) is 1. The number of ether oxygens (including phenoxy) is 1. The molecule has 3 rings (SSSR count). The monoisotopic (exact) mass is 380 g/mol. The number of hydrogen-bond donors (Lipinski definition) is 2. The Kier molecular flexibility index (Phi) is 6.17. The van der Waals surface area contributed by atoms with Crippen LogP contribution in [-0.4, -0.2) is 23.7 Å². The molecule has 3 N–H and O–H groups in total. The maximum absolute atomic E-state index is 12.0. The zero-order valence-corrected chi connectivity index (χ0v) is 15.7. The maximum atomic E-state index is 12.0. The van der Waals surface area contributed by atoms with Gasteiger partial charge in [0.2, 0.25) is 0 Å². The summed E-state index contributed by atoms with van der Waals surface area (Å²) in [6, 6.07) is 17.7. The lowest BCUT2D eigenvalue weighted by atomic mass is 10.2. The van der Waals surface area contributed by atoms with Gasteiger partial charge in [-0.1, -0.05) is 41.7 Å². The van der Waals surface area contributed by atoms with Gasteiger partial charge in [0.25, 0.3) is 5.91 Å². The number of anilines is 1. The lowest BCUT2D eigenvalue weighted by Crippen LogP contribution is -2.17. The number of amides is 1. The van der Waals surface area contributed by atoms with Gasteiger partial charge in [0.15, 0.2) is 5.13 Å². The van der Waals surface area contributed by atoms with Crippen molar-refractivity contribution in [2.75, 3.05) is 12.3 Å². The SMILES string of the molecule is Cc1nc(N)sc1C(=O)NN=Cc1ccc(OCCc2ccccc2)cc1. The van der Waals surface area contributed by atoms with E-state index in [1.807, 2.05) is 42.5 Å². The molecule has 0 aliphatic heterocycles. The zero-order chi connectivity index (χ0) is 19.1. The Morgan fingerprint density at radius 2 is 1.96 bits per heavy atom. The lowest BCUT2D eigenvalue weighted by molar-refractivity contribution is 0.0958. The average molecular weight is 380 g/mol. The third kappa shape index (κ3) is 5.39. The smallest absolute Gasteiger partial charge is 0.283 e. The molecule has 1 aromatic heterocycles. The van der Waals surface area contributed by atoms with Gasteiger partial charge in [-0.05, 0) is 42.3 Å². The molecule has 0 aliphatic carbocycles. The first-order valence-electron chi connectivity index (χ1n) is 8.45. The van der Waals surface area contributed by atoms with Crippen molar-refractivity contribution < 1.29 is 9.53 Å². The van der Waals surface area contributed by atoms with E-state index >= 15 is 0 Å². The highest BCUT2D eigenvalue weighted by molar-refractivity contribution is 7.17. The van der Waals surface area contributed by atoms with E-state index in [0.29, 0.717) is 22.3 Å². The Bertz CT molecular complexity index is 921. The summed E-state index contributed by atoms with van der Waals surface area (Å²) < 4.78 is 5.75. The first kappa shape index (κ1) is 18.6. The molecule has 138 valence electrons. The van der Waals surface area contributed by atoms with Crippen LogP contribution < -0.4 is 15.9 Å². The van der Waals surface area contributed by atoms with E-state index in [4.69, 9.17) is 10.5 Å². The van der Waals surface area contributed by atoms with Gasteiger partial charge in [-0.3, -0.25) is 4.79 Å². The number of nitrogens with one attached hydrogen (secondary N) is 1. The Balaban J connectivity index is 1.47. The fraction of sp³-hybridized carbons (Fsp3) is 0.150. The van der Waals surface area contributed by atoms with E-state index < -0.39 is 0 Å². The normalized spacial score (nSPS) is 10.9. The second-order valence-electron chi connectivity index (χ2n) is 5.82. The second kappa shape index (κ2) is 8.95. The Labute approximate surface area is 161 Å². The molecule has 6 nitrogen and oxygen atoms in total. The number of aromatic nitrogens is 1. The molecule has 2 aromatic carbocycles. The Morgan fingerprint density at radius 3 is 2.63 bits per heavy atom. The van der Waals surface area contributed by atoms with E-state index in [1.54, 1.807) is 13.1 Å². The summed E-state index contributed by atoms with van der Waals surface area (Å²) in [4.78, 5) is 16.5. The summed E-state index contributed by atoms with van der Waals surface area (Å²) >= 11 is 1.14. The summed E-state index contributed by atoms with van der Waals surface area (Å²) in [5.74, 6) is 0.474. The second-order valence-corrected chi connectivity index (χ2v) is 6.85. The van der Waals surface area contributed by atoms with Gasteiger partial charge in [0, 0.05) is 6.42 Å². The Hall–Kier alpha value is -3.19. The van der Waals surface area contributed by atoms with Crippen molar-refractivity contribution in [1.29, 1.82) is 0 Å². The minimum Gasteiger partial charge on any atom is -0.493 e. The minimum absolute atomic E-state index is 0.321. The maximum Gasteiger partial charge on any atom is 0.283 e. The van der Waals surface area contributed by atoms with E-state index in [-0.39, 0.29) is 5.91 Å². The molecule has 0 saturated carbocycles. The van der Waals surface area contributed by atoms with E-state index in [9.17, 15) is 4.79 Å². The third-order valence-corrected chi connectivity index (χ3v) is 4.77. The fourth-order valence-electron chi connectivity index (χ4n) is 2.43. The van der Waals surface area contributed by atoms with Crippen molar-refractivity contribution in [2.24, 2.45) is 5.10 Å². The van der Waals surface area contributed by atoms with Crippen molar-refractivity contribution in [3.63, 3.8) is 0 Å². The summed E-state index contributed by atoms with van der Waals surface area (Å²) in [7, 11) is 0. The van der Waals surface area contributed by atoms with Crippen molar-refractivity contribution in [2.45, 2.75) is 13.3 Å². The first-order chi connectivity index (χ1) is 13.1. The summed E-state index contributed by atoms with van der Waals surface area (Å²) in [6.07, 6.45) is 2.43. The molecule has 0 atom stereocenters. The molecule has 1 amide bonds. The van der Waals surface area contributed by atoms with Crippen LogP contribution in [0.15, 0.2) is 59.7 Å². The van der Waals surface area contributed by atoms with Gasteiger partial charge in [-0.15, -0.1) is 0 Å². The first-order valence-corrected chi connectivity index (χ1v) is 9.26. The molecule has 7 heteroatoms. The van der Waals surface area contributed by atoms with Crippen LogP contribution in [0.3, 0.4) is 0 Å². The summed E-state index contributed by atoms with van der Waals surface area (Å²) in [6.45, 7) is 2.35. The number of carbonyl (C=O) groups excluding carboxylic acids is 1. The highest BCUT2D eigenvalue weighted by Gasteiger charge is 2.13. The number of rotatable bonds is 7. The quantitative estimate of drug-likeness (QED) is 0.485. The predicted molar refractivity (Wildman–Crippen MR) is 108 cm³/mol. The summed E-state index contributed by atoms with van der Waals surface area (Å²) in [5, 5.41) is 4.34. The van der Waals surface area contributed by atoms with E-state index in [2.05, 4.69) is 27.6 Å². The molecule has 0 saturated heterocycles. The van der Waals surface area contributed by atoms with Gasteiger partial charge in [0.05, 0.1) is 18.5 Å². The molecular weight excluding hydrogens is 360 g/mol. The van der Waals surface area contributed by atoms with Crippen molar-refractivity contribution >= 4 is 28.6 Å². The van der Waals surface area contributed by atoms with Crippen LogP contribution in [0.2, 0.25) is 0 Å². The van der Waals surface area contributed by atoms with Crippen molar-refractivity contribution in [3.8, 4) is 5.75 Å². The molecule has 3 aromatic rings. The minimum atomic E-state index is -0.321. The van der Waals surface area contributed by atoms with Crippen LogP contribution in [0.5, 0.6) is 5.75 Å². The number of nitrogen functional groups attached to an aromatic ring is 1. The molecule has 0 spiro atoms. The molecule has 27 heavy (non-hydrogen) atoms. The molecule has 0 radical (unpaired) electrons. The van der Waals surface area contributed by atoms with E-state index in [0.717, 1.165) is 29.1 Å². The van der Waals surface area contributed by atoms with Crippen LogP contribution in [0, 0.1) is 6.92 Å². The number of hydrogen-bond acceptors (Lipinski definition) is 6. The van der Waals surface area contributed by atoms with Gasteiger partial charge < -0.3 is 10.5 Å². The largest absolute Gasteiger partial charge is 0.493 e. The number of carbonyl (C=O) groups is 1. The third-order valence-electron chi connectivity index (χ3n) is 3.78. The number of hydrazone groups is 1. The Morgan fingerprint density at radius 1 is 1.22 bits per heavy atom. The summed E-state index contributed by atoms with van der Waals surface area (Å²) in [5.41, 5.74) is 10.8. The molecule has 0 unspecified atom stereocenters. The molecular formula is C20H20N4O2S. The highest BCUT2D eigenvalue weighted by atomic mass is 32.1. The standard InChI is InChI=1S/C20H20N4O2S/c1-14-18(27-20(21)23-14)19(25)24-22-13-16-7-9-17(10-8-16)26-12-11-15-5-3-2-4-6-15/h2-10,13H,11-12H2,1H3,(H2,21,23)(H,24,25). The molecule has 1 heterocycles. The van der Waals surface area contributed by atoms with Crippen LogP contribution in [0.1, 0.15) is 26.5 Å². The lowest BCUT2D eigenvalue weighted by Gasteiger charge is -2.06. The van der Waals surface area contributed by atoms with Gasteiger partial charge >= 0.3 is 0 Å². The van der Waals surface area contributed by atoms with Crippen LogP contribution in [0.4, 0.5) is 5.13 Å². The van der Waals surface area contributed by atoms with Gasteiger partial charge in [-0.2, -0.15) is 5.10 Å². The van der Waals surface area contributed by atoms with Crippen LogP contribution >= 0.6 is 11.3 Å². The topological polar surface area (TPSA) is 89.6 Å². The fourth-order valence-corrected chi connectivity index (χ4v) is 3.15. The van der Waals surface area contributed by atoms with Gasteiger partial charge in [-0.25, -0.2) is 10.4 Å². The van der Waals surface area contributed by atoms with Crippen molar-refractivity contribution in [1.82, 2.24) is 10.4 Å². The number of nitrogens with zero attached hydrogens (tertiary/aromatic N) is 2. The molecule has 0 aliphatic rings. The van der Waals surface area contributed by atoms with Crippen molar-refractivity contribution in [3.05, 3.63) is 76.3 Å². The average Bonchev–Trinajstić information content (AvgIpc) is 3.02.